The van der Waals surface area contributed by atoms with Gasteiger partial charge in [0.15, 0.2) is 0 Å². The van der Waals surface area contributed by atoms with Crippen molar-refractivity contribution in [3.8, 4) is 0 Å². The van der Waals surface area contributed by atoms with Gasteiger partial charge in [-0.2, -0.15) is 0 Å². The molecule has 0 aliphatic carbocycles. The minimum atomic E-state index is 0.534. The van der Waals surface area contributed by atoms with Gasteiger partial charge in [0.1, 0.15) is 0 Å². The number of likely N-dealkylation sites (tertiary alicyclic amines) is 1. The van der Waals surface area contributed by atoms with Crippen LogP contribution in [0.5, 0.6) is 0 Å². The van der Waals surface area contributed by atoms with Crippen LogP contribution in [0.15, 0.2) is 24.3 Å². The van der Waals surface area contributed by atoms with Gasteiger partial charge >= 0.3 is 0 Å². The number of hydrogen-bond acceptors (Lipinski definition) is 3. The zero-order valence-electron chi connectivity index (χ0n) is 12.4. The highest BCUT2D eigenvalue weighted by atomic mass is 16.5. The lowest BCUT2D eigenvalue weighted by Crippen LogP contribution is -2.37. The molecule has 0 aromatic heterocycles. The number of piperidine rings is 1. The summed E-state index contributed by atoms with van der Waals surface area (Å²) >= 11 is 0. The van der Waals surface area contributed by atoms with Gasteiger partial charge in [0, 0.05) is 18.8 Å². The van der Waals surface area contributed by atoms with E-state index in [0.717, 1.165) is 5.92 Å². The molecule has 1 unspecified atom stereocenters. The van der Waals surface area contributed by atoms with E-state index in [2.05, 4.69) is 48.5 Å². The number of methoxy groups -OCH3 is 1. The van der Waals surface area contributed by atoms with Crippen molar-refractivity contribution in [2.45, 2.75) is 32.4 Å². The first kappa shape index (κ1) is 14.4. The first-order valence-corrected chi connectivity index (χ1v) is 7.22. The van der Waals surface area contributed by atoms with Crippen LogP contribution in [-0.2, 0) is 11.3 Å². The van der Waals surface area contributed by atoms with E-state index in [9.17, 15) is 0 Å². The number of benzene rings is 1. The minimum Gasteiger partial charge on any atom is -0.382 e. The SMILES string of the molecule is COCc1cccc(NC(C)C2CCN(C)CC2)c1. The molecule has 0 saturated carbocycles. The third kappa shape index (κ3) is 4.22. The zero-order chi connectivity index (χ0) is 13.7. The molecule has 1 aliphatic heterocycles. The molecule has 1 atom stereocenters. The summed E-state index contributed by atoms with van der Waals surface area (Å²) in [6.45, 7) is 5.43. The molecule has 3 nitrogen and oxygen atoms in total. The molecule has 1 heterocycles. The lowest BCUT2D eigenvalue weighted by molar-refractivity contribution is 0.185. The summed E-state index contributed by atoms with van der Waals surface area (Å²) in [7, 11) is 3.95. The molecule has 1 aromatic carbocycles. The Hall–Kier alpha value is -1.06. The van der Waals surface area contributed by atoms with E-state index in [4.69, 9.17) is 4.74 Å². The summed E-state index contributed by atoms with van der Waals surface area (Å²) < 4.78 is 5.18. The maximum absolute atomic E-state index is 5.18. The van der Waals surface area contributed by atoms with Crippen LogP contribution in [0.3, 0.4) is 0 Å². The number of hydrogen-bond donors (Lipinski definition) is 1. The highest BCUT2D eigenvalue weighted by molar-refractivity contribution is 5.46. The zero-order valence-corrected chi connectivity index (χ0v) is 12.4. The van der Waals surface area contributed by atoms with E-state index >= 15 is 0 Å². The molecule has 1 fully saturated rings. The van der Waals surface area contributed by atoms with Crippen molar-refractivity contribution in [1.29, 1.82) is 0 Å². The van der Waals surface area contributed by atoms with Crippen LogP contribution in [0.2, 0.25) is 0 Å². The van der Waals surface area contributed by atoms with Crippen LogP contribution in [0.1, 0.15) is 25.3 Å². The van der Waals surface area contributed by atoms with Gasteiger partial charge in [0.2, 0.25) is 0 Å². The van der Waals surface area contributed by atoms with Crippen molar-refractivity contribution in [3.63, 3.8) is 0 Å². The molecule has 0 bridgehead atoms. The average Bonchev–Trinajstić information content (AvgIpc) is 2.40. The molecule has 1 aliphatic rings. The largest absolute Gasteiger partial charge is 0.382 e. The van der Waals surface area contributed by atoms with E-state index in [1.54, 1.807) is 7.11 Å². The predicted octanol–water partition coefficient (Wildman–Crippen LogP) is 2.98. The fourth-order valence-corrected chi connectivity index (χ4v) is 2.83. The number of ether oxygens (including phenoxy) is 1. The second-order valence-corrected chi connectivity index (χ2v) is 5.71. The Morgan fingerprint density at radius 2 is 2.11 bits per heavy atom. The van der Waals surface area contributed by atoms with Crippen LogP contribution in [0.25, 0.3) is 0 Å². The molecule has 0 radical (unpaired) electrons. The minimum absolute atomic E-state index is 0.534. The first-order valence-electron chi connectivity index (χ1n) is 7.22. The predicted molar refractivity (Wildman–Crippen MR) is 80.5 cm³/mol. The Kier molecular flexibility index (Phi) is 5.23. The van der Waals surface area contributed by atoms with Gasteiger partial charge in [0.05, 0.1) is 6.61 Å². The van der Waals surface area contributed by atoms with E-state index < -0.39 is 0 Å². The maximum Gasteiger partial charge on any atom is 0.0713 e. The molecule has 106 valence electrons. The van der Waals surface area contributed by atoms with Gasteiger partial charge in [-0.1, -0.05) is 12.1 Å². The number of nitrogens with zero attached hydrogens (tertiary/aromatic N) is 1. The molecular formula is C16H26N2O. The first-order chi connectivity index (χ1) is 9.19. The average molecular weight is 262 g/mol. The van der Waals surface area contributed by atoms with Gasteiger partial charge in [0.25, 0.3) is 0 Å². The smallest absolute Gasteiger partial charge is 0.0713 e. The maximum atomic E-state index is 5.18. The Morgan fingerprint density at radius 1 is 1.37 bits per heavy atom. The fourth-order valence-electron chi connectivity index (χ4n) is 2.83. The van der Waals surface area contributed by atoms with Gasteiger partial charge in [-0.05, 0) is 63.5 Å². The Bertz CT molecular complexity index is 386. The van der Waals surface area contributed by atoms with Crippen LogP contribution in [0.4, 0.5) is 5.69 Å². The Labute approximate surface area is 116 Å². The summed E-state index contributed by atoms with van der Waals surface area (Å²) in [6.07, 6.45) is 2.59. The summed E-state index contributed by atoms with van der Waals surface area (Å²) in [5.41, 5.74) is 2.43. The van der Waals surface area contributed by atoms with Gasteiger partial charge in [-0.25, -0.2) is 0 Å². The molecule has 3 heteroatoms. The molecule has 1 aromatic rings. The molecule has 19 heavy (non-hydrogen) atoms. The van der Waals surface area contributed by atoms with Gasteiger partial charge in [-0.15, -0.1) is 0 Å². The number of nitrogens with one attached hydrogen (secondary N) is 1. The Morgan fingerprint density at radius 3 is 2.79 bits per heavy atom. The van der Waals surface area contributed by atoms with E-state index in [-0.39, 0.29) is 0 Å². The number of rotatable bonds is 5. The van der Waals surface area contributed by atoms with Crippen LogP contribution >= 0.6 is 0 Å². The Balaban J connectivity index is 1.90. The van der Waals surface area contributed by atoms with Crippen LogP contribution < -0.4 is 5.32 Å². The summed E-state index contributed by atoms with van der Waals surface area (Å²) in [6, 6.07) is 9.07. The molecule has 0 amide bonds. The second-order valence-electron chi connectivity index (χ2n) is 5.71. The highest BCUT2D eigenvalue weighted by Gasteiger charge is 2.22. The highest BCUT2D eigenvalue weighted by Crippen LogP contribution is 2.23. The molecule has 1 saturated heterocycles. The summed E-state index contributed by atoms with van der Waals surface area (Å²) in [5.74, 6) is 0.780. The monoisotopic (exact) mass is 262 g/mol. The quantitative estimate of drug-likeness (QED) is 0.883. The third-order valence-corrected chi connectivity index (χ3v) is 4.10. The molecule has 2 rings (SSSR count). The van der Waals surface area contributed by atoms with Gasteiger partial charge in [-0.3, -0.25) is 0 Å². The summed E-state index contributed by atoms with van der Waals surface area (Å²) in [4.78, 5) is 2.42. The van der Waals surface area contributed by atoms with Crippen LogP contribution in [0, 0.1) is 5.92 Å². The number of anilines is 1. The van der Waals surface area contributed by atoms with Crippen molar-refractivity contribution in [1.82, 2.24) is 4.90 Å². The molecular weight excluding hydrogens is 236 g/mol. The molecule has 0 spiro atoms. The van der Waals surface area contributed by atoms with Crippen molar-refractivity contribution in [2.75, 3.05) is 32.6 Å². The lowest BCUT2D eigenvalue weighted by atomic mass is 9.90. The van der Waals surface area contributed by atoms with E-state index in [1.807, 2.05) is 0 Å². The van der Waals surface area contributed by atoms with Crippen molar-refractivity contribution < 1.29 is 4.74 Å². The molecule has 1 N–H and O–H groups in total. The fraction of sp³-hybridized carbons (Fsp3) is 0.625. The second kappa shape index (κ2) is 6.92. The van der Waals surface area contributed by atoms with Crippen LogP contribution in [-0.4, -0.2) is 38.2 Å². The van der Waals surface area contributed by atoms with E-state index in [0.29, 0.717) is 12.6 Å². The third-order valence-electron chi connectivity index (χ3n) is 4.10. The topological polar surface area (TPSA) is 24.5 Å². The van der Waals surface area contributed by atoms with Crippen molar-refractivity contribution in [3.05, 3.63) is 29.8 Å². The summed E-state index contributed by atoms with van der Waals surface area (Å²) in [5, 5.41) is 3.65. The normalized spacial score (nSPS) is 19.3. The standard InChI is InChI=1S/C16H26N2O/c1-13(15-7-9-18(2)10-8-15)17-16-6-4-5-14(11-16)12-19-3/h4-6,11,13,15,17H,7-10,12H2,1-3H3. The van der Waals surface area contributed by atoms with Crippen molar-refractivity contribution in [2.24, 2.45) is 5.92 Å². The lowest BCUT2D eigenvalue weighted by Gasteiger charge is -2.33. The van der Waals surface area contributed by atoms with Gasteiger partial charge < -0.3 is 15.0 Å². The van der Waals surface area contributed by atoms with Crippen molar-refractivity contribution >= 4 is 5.69 Å². The van der Waals surface area contributed by atoms with E-state index in [1.165, 1.54) is 37.2 Å².